The number of carbonyl (C=O) groups is 1. The smallest absolute Gasteiger partial charge is 0.407 e. The molecule has 0 spiro atoms. The first-order chi connectivity index (χ1) is 10.8. The second-order valence-electron chi connectivity index (χ2n) is 5.97. The maximum absolute atomic E-state index is 11.5. The fourth-order valence-corrected chi connectivity index (χ4v) is 2.47. The largest absolute Gasteiger partial charge is 0.444 e. The first-order valence-electron chi connectivity index (χ1n) is 7.63. The van der Waals surface area contributed by atoms with Crippen molar-refractivity contribution in [1.82, 2.24) is 20.9 Å². The summed E-state index contributed by atoms with van der Waals surface area (Å²) >= 11 is 1.70. The maximum atomic E-state index is 11.5. The van der Waals surface area contributed by atoms with Gasteiger partial charge in [0.05, 0.1) is 5.01 Å². The summed E-state index contributed by atoms with van der Waals surface area (Å²) in [6, 6.07) is 0. The van der Waals surface area contributed by atoms with E-state index < -0.39 is 11.7 Å². The summed E-state index contributed by atoms with van der Waals surface area (Å²) in [5, 5.41) is 10.1. The Bertz CT molecular complexity index is 528. The molecule has 1 amide bonds. The third-order valence-corrected chi connectivity index (χ3v) is 3.58. The van der Waals surface area contributed by atoms with Crippen LogP contribution in [0.5, 0.6) is 0 Å². The van der Waals surface area contributed by atoms with E-state index in [1.54, 1.807) is 18.4 Å². The predicted octanol–water partition coefficient (Wildman–Crippen LogP) is 2.30. The monoisotopic (exact) mass is 469 g/mol. The number of rotatable bonds is 6. The topological polar surface area (TPSA) is 87.6 Å². The number of hydrogen-bond donors (Lipinski definition) is 3. The lowest BCUT2D eigenvalue weighted by Crippen LogP contribution is -2.42. The molecule has 0 aliphatic carbocycles. The van der Waals surface area contributed by atoms with Crippen molar-refractivity contribution in [3.63, 3.8) is 0 Å². The molecule has 24 heavy (non-hydrogen) atoms. The summed E-state index contributed by atoms with van der Waals surface area (Å²) in [4.78, 5) is 21.2. The fraction of sp³-hybridized carbons (Fsp3) is 0.667. The number of guanidine groups is 1. The van der Waals surface area contributed by atoms with Crippen LogP contribution in [-0.2, 0) is 11.2 Å². The van der Waals surface area contributed by atoms with Crippen LogP contribution >= 0.6 is 35.3 Å². The van der Waals surface area contributed by atoms with E-state index in [9.17, 15) is 4.79 Å². The van der Waals surface area contributed by atoms with Gasteiger partial charge in [0.25, 0.3) is 0 Å². The molecule has 1 heterocycles. The Balaban J connectivity index is 0.00000529. The SMILES string of the molecule is CN=C(NCCNC(=O)OC(C)(C)C)NCCc1ncc(C)s1.I. The molecule has 3 N–H and O–H groups in total. The van der Waals surface area contributed by atoms with E-state index in [0.29, 0.717) is 19.0 Å². The van der Waals surface area contributed by atoms with Crippen molar-refractivity contribution in [3.8, 4) is 0 Å². The zero-order valence-corrected chi connectivity index (χ0v) is 18.1. The van der Waals surface area contributed by atoms with Crippen molar-refractivity contribution < 1.29 is 9.53 Å². The van der Waals surface area contributed by atoms with Crippen LogP contribution in [0.2, 0.25) is 0 Å². The minimum atomic E-state index is -0.483. The molecule has 0 bridgehead atoms. The van der Waals surface area contributed by atoms with Gasteiger partial charge in [0.2, 0.25) is 0 Å². The highest BCUT2D eigenvalue weighted by Gasteiger charge is 2.15. The predicted molar refractivity (Wildman–Crippen MR) is 110 cm³/mol. The number of amides is 1. The standard InChI is InChI=1S/C15H27N5O2S.HI/c1-11-10-20-12(23-11)6-7-17-13(16-5)18-8-9-19-14(21)22-15(2,3)4;/h10H,6-9H2,1-5H3,(H,19,21)(H2,16,17,18);1H. The van der Waals surface area contributed by atoms with Gasteiger partial charge in [-0.05, 0) is 27.7 Å². The number of halogens is 1. The first kappa shape index (κ1) is 22.9. The molecule has 9 heteroatoms. The van der Waals surface area contributed by atoms with Crippen LogP contribution in [-0.4, -0.2) is 49.3 Å². The Kier molecular flexibility index (Phi) is 10.9. The van der Waals surface area contributed by atoms with Gasteiger partial charge in [-0.3, -0.25) is 4.99 Å². The molecular formula is C15H28IN5O2S. The zero-order chi connectivity index (χ0) is 17.3. The molecule has 0 radical (unpaired) electrons. The molecule has 0 aliphatic rings. The van der Waals surface area contributed by atoms with Crippen LogP contribution in [0, 0.1) is 6.92 Å². The number of aryl methyl sites for hydroxylation is 1. The molecule has 0 aromatic carbocycles. The van der Waals surface area contributed by atoms with E-state index in [1.807, 2.05) is 33.9 Å². The molecule has 7 nitrogen and oxygen atoms in total. The Morgan fingerprint density at radius 2 is 1.88 bits per heavy atom. The van der Waals surface area contributed by atoms with Gasteiger partial charge < -0.3 is 20.7 Å². The molecule has 0 unspecified atom stereocenters. The van der Waals surface area contributed by atoms with Crippen molar-refractivity contribution in [1.29, 1.82) is 0 Å². The second-order valence-corrected chi connectivity index (χ2v) is 7.29. The van der Waals surface area contributed by atoms with E-state index in [2.05, 4.69) is 25.9 Å². The normalized spacial score (nSPS) is 11.5. The number of nitrogens with one attached hydrogen (secondary N) is 3. The van der Waals surface area contributed by atoms with Gasteiger partial charge in [0.15, 0.2) is 5.96 Å². The number of alkyl carbamates (subject to hydrolysis) is 1. The third-order valence-electron chi connectivity index (χ3n) is 2.61. The van der Waals surface area contributed by atoms with Crippen LogP contribution in [0.1, 0.15) is 30.7 Å². The average molecular weight is 469 g/mol. The van der Waals surface area contributed by atoms with Gasteiger partial charge >= 0.3 is 6.09 Å². The lowest BCUT2D eigenvalue weighted by atomic mass is 10.2. The van der Waals surface area contributed by atoms with Crippen molar-refractivity contribution in [2.75, 3.05) is 26.7 Å². The van der Waals surface area contributed by atoms with Gasteiger partial charge in [0.1, 0.15) is 5.60 Å². The Labute approximate surface area is 165 Å². The molecule has 0 saturated heterocycles. The van der Waals surface area contributed by atoms with Gasteiger partial charge in [-0.2, -0.15) is 0 Å². The van der Waals surface area contributed by atoms with Crippen molar-refractivity contribution >= 4 is 47.4 Å². The Hall–Kier alpha value is -1.10. The number of thiazole rings is 1. The molecule has 138 valence electrons. The highest BCUT2D eigenvalue weighted by Crippen LogP contribution is 2.10. The molecular weight excluding hydrogens is 441 g/mol. The van der Waals surface area contributed by atoms with E-state index in [-0.39, 0.29) is 24.0 Å². The number of hydrogen-bond acceptors (Lipinski definition) is 5. The minimum Gasteiger partial charge on any atom is -0.444 e. The summed E-state index contributed by atoms with van der Waals surface area (Å²) in [6.45, 7) is 9.33. The summed E-state index contributed by atoms with van der Waals surface area (Å²) in [7, 11) is 1.71. The van der Waals surface area contributed by atoms with E-state index in [4.69, 9.17) is 4.74 Å². The van der Waals surface area contributed by atoms with Crippen LogP contribution in [0.4, 0.5) is 4.79 Å². The highest BCUT2D eigenvalue weighted by molar-refractivity contribution is 14.0. The summed E-state index contributed by atoms with van der Waals surface area (Å²) in [6.07, 6.45) is 2.33. The molecule has 0 aliphatic heterocycles. The highest BCUT2D eigenvalue weighted by atomic mass is 127. The Morgan fingerprint density at radius 1 is 1.25 bits per heavy atom. The number of ether oxygens (including phenoxy) is 1. The van der Waals surface area contributed by atoms with E-state index >= 15 is 0 Å². The zero-order valence-electron chi connectivity index (χ0n) is 14.9. The summed E-state index contributed by atoms with van der Waals surface area (Å²) in [5.74, 6) is 0.698. The minimum absolute atomic E-state index is 0. The summed E-state index contributed by atoms with van der Waals surface area (Å²) in [5.41, 5.74) is -0.483. The van der Waals surface area contributed by atoms with Crippen molar-refractivity contribution in [2.24, 2.45) is 4.99 Å². The summed E-state index contributed by atoms with van der Waals surface area (Å²) < 4.78 is 5.16. The fourth-order valence-electron chi connectivity index (χ4n) is 1.69. The molecule has 0 fully saturated rings. The molecule has 0 saturated carbocycles. The third kappa shape index (κ3) is 10.6. The van der Waals surface area contributed by atoms with Crippen molar-refractivity contribution in [3.05, 3.63) is 16.1 Å². The van der Waals surface area contributed by atoms with Gasteiger partial charge in [-0.25, -0.2) is 9.78 Å². The second kappa shape index (κ2) is 11.5. The number of nitrogens with zero attached hydrogens (tertiary/aromatic N) is 2. The van der Waals surface area contributed by atoms with Crippen molar-refractivity contribution in [2.45, 2.75) is 39.7 Å². The van der Waals surface area contributed by atoms with Gasteiger partial charge in [-0.15, -0.1) is 35.3 Å². The molecule has 1 aromatic rings. The van der Waals surface area contributed by atoms with Gasteiger partial charge in [-0.1, -0.05) is 0 Å². The molecule has 1 rings (SSSR count). The van der Waals surface area contributed by atoms with E-state index in [1.165, 1.54) is 4.88 Å². The van der Waals surface area contributed by atoms with Crippen LogP contribution in [0.3, 0.4) is 0 Å². The van der Waals surface area contributed by atoms with Gasteiger partial charge in [0, 0.05) is 44.2 Å². The maximum Gasteiger partial charge on any atom is 0.407 e. The number of carbonyl (C=O) groups excluding carboxylic acids is 1. The Morgan fingerprint density at radius 3 is 2.42 bits per heavy atom. The first-order valence-corrected chi connectivity index (χ1v) is 8.44. The quantitative estimate of drug-likeness (QED) is 0.258. The van der Waals surface area contributed by atoms with Crippen LogP contribution in [0.15, 0.2) is 11.2 Å². The van der Waals surface area contributed by atoms with Crippen LogP contribution in [0.25, 0.3) is 0 Å². The number of aromatic nitrogens is 1. The number of aliphatic imine (C=N–C) groups is 1. The van der Waals surface area contributed by atoms with Crippen LogP contribution < -0.4 is 16.0 Å². The average Bonchev–Trinajstić information content (AvgIpc) is 2.85. The lowest BCUT2D eigenvalue weighted by Gasteiger charge is -2.19. The lowest BCUT2D eigenvalue weighted by molar-refractivity contribution is 0.0529. The molecule has 1 aromatic heterocycles. The molecule has 0 atom stereocenters. The van der Waals surface area contributed by atoms with E-state index in [0.717, 1.165) is 18.0 Å².